The number of benzene rings is 4. The van der Waals surface area contributed by atoms with Gasteiger partial charge in [0.25, 0.3) is 11.8 Å². The quantitative estimate of drug-likeness (QED) is 0.208. The van der Waals surface area contributed by atoms with Gasteiger partial charge in [0.15, 0.2) is 5.78 Å². The third-order valence-corrected chi connectivity index (χ3v) is 6.45. The molecule has 0 fully saturated rings. The zero-order valence-electron chi connectivity index (χ0n) is 20.1. The van der Waals surface area contributed by atoms with E-state index in [9.17, 15) is 14.4 Å². The number of nitrogens with one attached hydrogen (secondary N) is 2. The smallest absolute Gasteiger partial charge is 0.257 e. The summed E-state index contributed by atoms with van der Waals surface area (Å²) in [7, 11) is 0. The van der Waals surface area contributed by atoms with Gasteiger partial charge >= 0.3 is 0 Å². The molecule has 6 heteroatoms. The molecule has 0 saturated heterocycles. The number of para-hydroxylation sites is 1. The maximum absolute atomic E-state index is 13.3. The monoisotopic (exact) mass is 494 g/mol. The molecule has 0 aliphatic carbocycles. The van der Waals surface area contributed by atoms with Crippen LogP contribution in [0.5, 0.6) is 0 Å². The van der Waals surface area contributed by atoms with Crippen LogP contribution in [0.1, 0.15) is 49.1 Å². The van der Waals surface area contributed by atoms with Gasteiger partial charge in [0.1, 0.15) is 0 Å². The molecule has 5 nitrogen and oxygen atoms in total. The largest absolute Gasteiger partial charge is 0.321 e. The van der Waals surface area contributed by atoms with Crippen molar-refractivity contribution in [3.05, 3.63) is 125 Å². The van der Waals surface area contributed by atoms with E-state index in [2.05, 4.69) is 17.6 Å². The highest BCUT2D eigenvalue weighted by Crippen LogP contribution is 2.24. The van der Waals surface area contributed by atoms with Crippen LogP contribution in [0.3, 0.4) is 0 Å². The van der Waals surface area contributed by atoms with Crippen molar-refractivity contribution < 1.29 is 14.4 Å². The Labute approximate surface area is 214 Å². The van der Waals surface area contributed by atoms with Crippen molar-refractivity contribution in [3.8, 4) is 0 Å². The second-order valence-electron chi connectivity index (χ2n) is 8.16. The van der Waals surface area contributed by atoms with Gasteiger partial charge in [-0.1, -0.05) is 61.0 Å². The van der Waals surface area contributed by atoms with Crippen LogP contribution in [0.15, 0.2) is 102 Å². The van der Waals surface area contributed by atoms with Crippen LogP contribution in [0.2, 0.25) is 0 Å². The van der Waals surface area contributed by atoms with Crippen molar-refractivity contribution in [2.45, 2.75) is 18.7 Å². The molecule has 0 saturated carbocycles. The molecule has 0 aromatic heterocycles. The molecule has 0 spiro atoms. The summed E-state index contributed by atoms with van der Waals surface area (Å²) in [6.07, 6.45) is 0. The van der Waals surface area contributed by atoms with Gasteiger partial charge in [0, 0.05) is 21.6 Å². The van der Waals surface area contributed by atoms with Crippen LogP contribution in [0.4, 0.5) is 11.4 Å². The molecule has 0 unspecified atom stereocenters. The molecule has 0 aliphatic heterocycles. The van der Waals surface area contributed by atoms with E-state index < -0.39 is 5.91 Å². The third-order valence-electron chi connectivity index (χ3n) is 5.55. The summed E-state index contributed by atoms with van der Waals surface area (Å²) in [6, 6.07) is 28.4. The average Bonchev–Trinajstić information content (AvgIpc) is 2.90. The van der Waals surface area contributed by atoms with Crippen molar-refractivity contribution in [1.82, 2.24) is 0 Å². The highest BCUT2D eigenvalue weighted by atomic mass is 32.2. The van der Waals surface area contributed by atoms with Crippen LogP contribution in [0, 0.1) is 6.92 Å². The first-order chi connectivity index (χ1) is 17.5. The maximum Gasteiger partial charge on any atom is 0.257 e. The van der Waals surface area contributed by atoms with Crippen LogP contribution < -0.4 is 10.6 Å². The fourth-order valence-electron chi connectivity index (χ4n) is 3.74. The van der Waals surface area contributed by atoms with E-state index in [1.165, 1.54) is 0 Å². The number of amides is 2. The summed E-state index contributed by atoms with van der Waals surface area (Å²) in [6.45, 7) is 3.97. The summed E-state index contributed by atoms with van der Waals surface area (Å²) in [5.74, 6) is 0.0410. The Morgan fingerprint density at radius 1 is 0.667 bits per heavy atom. The second-order valence-corrected chi connectivity index (χ2v) is 9.49. The number of rotatable bonds is 8. The first-order valence-electron chi connectivity index (χ1n) is 11.6. The minimum atomic E-state index is -0.424. The number of ketones is 1. The van der Waals surface area contributed by atoms with Crippen LogP contribution in [0.25, 0.3) is 0 Å². The minimum Gasteiger partial charge on any atom is -0.321 e. The van der Waals surface area contributed by atoms with Crippen molar-refractivity contribution in [2.24, 2.45) is 0 Å². The molecule has 4 rings (SSSR count). The van der Waals surface area contributed by atoms with Gasteiger partial charge in [-0.05, 0) is 61.2 Å². The second kappa shape index (κ2) is 11.5. The average molecular weight is 495 g/mol. The van der Waals surface area contributed by atoms with Crippen molar-refractivity contribution in [3.63, 3.8) is 0 Å². The number of aryl methyl sites for hydroxylation is 1. The summed E-state index contributed by atoms with van der Waals surface area (Å²) < 4.78 is 0. The number of hydrogen-bond acceptors (Lipinski definition) is 4. The van der Waals surface area contributed by atoms with Crippen molar-refractivity contribution in [1.29, 1.82) is 0 Å². The highest BCUT2D eigenvalue weighted by Gasteiger charge is 2.19. The topological polar surface area (TPSA) is 75.3 Å². The van der Waals surface area contributed by atoms with E-state index >= 15 is 0 Å². The normalized spacial score (nSPS) is 10.5. The number of hydrogen-bond donors (Lipinski definition) is 2. The summed E-state index contributed by atoms with van der Waals surface area (Å²) in [5.41, 5.74) is 3.43. The lowest BCUT2D eigenvalue weighted by atomic mass is 9.99. The molecule has 0 bridgehead atoms. The SMILES string of the molecule is CCSc1ccc(C(=O)Nc2ccccc2C(=O)Nc2ccc(C)cc2C(=O)c2ccccc2)cc1. The number of thioether (sulfide) groups is 1. The van der Waals surface area contributed by atoms with Gasteiger partial charge < -0.3 is 10.6 Å². The third kappa shape index (κ3) is 5.90. The fourth-order valence-corrected chi connectivity index (χ4v) is 4.41. The zero-order valence-corrected chi connectivity index (χ0v) is 20.9. The summed E-state index contributed by atoms with van der Waals surface area (Å²) in [4.78, 5) is 40.4. The molecule has 2 N–H and O–H groups in total. The van der Waals surface area contributed by atoms with Crippen LogP contribution in [-0.2, 0) is 0 Å². The Bertz CT molecular complexity index is 1400. The van der Waals surface area contributed by atoms with E-state index in [0.29, 0.717) is 33.6 Å². The van der Waals surface area contributed by atoms with Gasteiger partial charge in [0.05, 0.1) is 16.9 Å². The first kappa shape index (κ1) is 24.9. The van der Waals surface area contributed by atoms with E-state index in [0.717, 1.165) is 16.2 Å². The van der Waals surface area contributed by atoms with Gasteiger partial charge in [0.2, 0.25) is 0 Å². The van der Waals surface area contributed by atoms with Gasteiger partial charge in [-0.25, -0.2) is 0 Å². The maximum atomic E-state index is 13.3. The van der Waals surface area contributed by atoms with Gasteiger partial charge in [-0.3, -0.25) is 14.4 Å². The molecule has 4 aromatic carbocycles. The Kier molecular flexibility index (Phi) is 7.98. The van der Waals surface area contributed by atoms with E-state index in [4.69, 9.17) is 0 Å². The predicted octanol–water partition coefficient (Wildman–Crippen LogP) is 6.84. The Hall–Kier alpha value is -4.16. The molecular formula is C30H26N2O3S. The molecule has 2 amide bonds. The number of carbonyl (C=O) groups excluding carboxylic acids is 3. The lowest BCUT2D eigenvalue weighted by molar-refractivity contribution is 0.102. The lowest BCUT2D eigenvalue weighted by Gasteiger charge is -2.14. The Morgan fingerprint density at radius 2 is 1.31 bits per heavy atom. The zero-order chi connectivity index (χ0) is 25.5. The molecular weight excluding hydrogens is 468 g/mol. The van der Waals surface area contributed by atoms with E-state index in [1.54, 1.807) is 84.6 Å². The number of anilines is 2. The highest BCUT2D eigenvalue weighted by molar-refractivity contribution is 7.99. The molecule has 0 aliphatic rings. The van der Waals surface area contributed by atoms with Crippen molar-refractivity contribution >= 4 is 40.7 Å². The first-order valence-corrected chi connectivity index (χ1v) is 12.6. The lowest BCUT2D eigenvalue weighted by Crippen LogP contribution is -2.19. The minimum absolute atomic E-state index is 0.180. The number of carbonyl (C=O) groups is 3. The molecule has 4 aromatic rings. The van der Waals surface area contributed by atoms with E-state index in [1.807, 2.05) is 31.2 Å². The van der Waals surface area contributed by atoms with Gasteiger partial charge in [-0.15, -0.1) is 11.8 Å². The fraction of sp³-hybridized carbons (Fsp3) is 0.100. The molecule has 180 valence electrons. The summed E-state index contributed by atoms with van der Waals surface area (Å²) in [5, 5.41) is 5.71. The molecule has 0 radical (unpaired) electrons. The summed E-state index contributed by atoms with van der Waals surface area (Å²) >= 11 is 1.70. The van der Waals surface area contributed by atoms with Gasteiger partial charge in [-0.2, -0.15) is 0 Å². The van der Waals surface area contributed by atoms with Crippen LogP contribution in [-0.4, -0.2) is 23.4 Å². The van der Waals surface area contributed by atoms with Crippen LogP contribution >= 0.6 is 11.8 Å². The van der Waals surface area contributed by atoms with Crippen molar-refractivity contribution in [2.75, 3.05) is 16.4 Å². The van der Waals surface area contributed by atoms with E-state index in [-0.39, 0.29) is 11.7 Å². The Balaban J connectivity index is 1.57. The predicted molar refractivity (Wildman–Crippen MR) is 146 cm³/mol. The molecule has 0 atom stereocenters. The Morgan fingerprint density at radius 3 is 2.03 bits per heavy atom. The molecule has 0 heterocycles. The standard InChI is InChI=1S/C30H26N2O3S/c1-3-36-23-16-14-22(15-17-23)29(34)31-26-12-8-7-11-24(26)30(35)32-27-18-13-20(2)19-25(27)28(33)21-9-5-4-6-10-21/h4-19H,3H2,1-2H3,(H,31,34)(H,32,35). The molecule has 36 heavy (non-hydrogen) atoms.